The molecule has 112 valence electrons. The van der Waals surface area contributed by atoms with Crippen LogP contribution in [0.3, 0.4) is 0 Å². The molecule has 19 heavy (non-hydrogen) atoms. The first-order valence-electron chi connectivity index (χ1n) is 7.09. The van der Waals surface area contributed by atoms with E-state index in [0.717, 1.165) is 32.5 Å². The van der Waals surface area contributed by atoms with E-state index < -0.39 is 5.54 Å². The zero-order valence-electron chi connectivity index (χ0n) is 13.0. The van der Waals surface area contributed by atoms with E-state index in [1.165, 1.54) is 13.5 Å². The van der Waals surface area contributed by atoms with Gasteiger partial charge in [0.1, 0.15) is 5.54 Å². The van der Waals surface area contributed by atoms with E-state index in [1.54, 1.807) is 0 Å². The number of rotatable bonds is 7. The van der Waals surface area contributed by atoms with Crippen LogP contribution >= 0.6 is 0 Å². The van der Waals surface area contributed by atoms with Crippen molar-refractivity contribution in [1.82, 2.24) is 15.1 Å². The molecule has 1 rings (SSSR count). The second-order valence-corrected chi connectivity index (χ2v) is 5.88. The van der Waals surface area contributed by atoms with Crippen molar-refractivity contribution in [2.24, 2.45) is 0 Å². The Morgan fingerprint density at radius 1 is 1.53 bits per heavy atom. The van der Waals surface area contributed by atoms with Gasteiger partial charge >= 0.3 is 5.97 Å². The zero-order valence-corrected chi connectivity index (χ0v) is 13.0. The fourth-order valence-corrected chi connectivity index (χ4v) is 2.65. The molecular formula is C14H29N3O2. The molecule has 1 fully saturated rings. The van der Waals surface area contributed by atoms with Crippen LogP contribution < -0.4 is 5.32 Å². The van der Waals surface area contributed by atoms with Gasteiger partial charge in [0.05, 0.1) is 7.11 Å². The molecule has 0 amide bonds. The third-order valence-corrected chi connectivity index (χ3v) is 4.32. The summed E-state index contributed by atoms with van der Waals surface area (Å²) in [5.74, 6) is -0.178. The Labute approximate surface area is 117 Å². The third kappa shape index (κ3) is 4.44. The largest absolute Gasteiger partial charge is 0.468 e. The fraction of sp³-hybridized carbons (Fsp3) is 0.929. The lowest BCUT2D eigenvalue weighted by Crippen LogP contribution is -2.48. The number of carbonyl (C=O) groups excluding carboxylic acids is 1. The lowest BCUT2D eigenvalue weighted by Gasteiger charge is -2.27. The predicted molar refractivity (Wildman–Crippen MR) is 77.2 cm³/mol. The highest BCUT2D eigenvalue weighted by atomic mass is 16.5. The molecule has 0 radical (unpaired) electrons. The number of methoxy groups -OCH3 is 1. The molecule has 0 saturated carbocycles. The SMILES string of the molecule is CNC(C)(CCCN1CCC(N(C)C)C1)C(=O)OC. The highest BCUT2D eigenvalue weighted by Gasteiger charge is 2.32. The normalized spacial score (nSPS) is 23.6. The number of nitrogens with zero attached hydrogens (tertiary/aromatic N) is 2. The maximum Gasteiger partial charge on any atom is 0.325 e. The number of hydrogen-bond acceptors (Lipinski definition) is 5. The van der Waals surface area contributed by atoms with Crippen LogP contribution in [0.2, 0.25) is 0 Å². The Bertz CT molecular complexity index is 296. The van der Waals surface area contributed by atoms with Gasteiger partial charge in [0.2, 0.25) is 0 Å². The van der Waals surface area contributed by atoms with Crippen LogP contribution in [0.5, 0.6) is 0 Å². The van der Waals surface area contributed by atoms with Gasteiger partial charge in [-0.3, -0.25) is 4.79 Å². The molecule has 1 heterocycles. The topological polar surface area (TPSA) is 44.8 Å². The maximum atomic E-state index is 11.7. The second-order valence-electron chi connectivity index (χ2n) is 5.88. The summed E-state index contributed by atoms with van der Waals surface area (Å²) < 4.78 is 4.86. The first-order chi connectivity index (χ1) is 8.92. The van der Waals surface area contributed by atoms with Crippen molar-refractivity contribution in [3.63, 3.8) is 0 Å². The highest BCUT2D eigenvalue weighted by Crippen LogP contribution is 2.17. The van der Waals surface area contributed by atoms with Crippen LogP contribution in [-0.4, -0.2) is 75.2 Å². The number of hydrogen-bond donors (Lipinski definition) is 1. The summed E-state index contributed by atoms with van der Waals surface area (Å²) in [6.45, 7) is 5.27. The van der Waals surface area contributed by atoms with Gasteiger partial charge in [0, 0.05) is 12.6 Å². The molecule has 1 saturated heterocycles. The van der Waals surface area contributed by atoms with Gasteiger partial charge in [0.15, 0.2) is 0 Å². The zero-order chi connectivity index (χ0) is 14.5. The Kier molecular flexibility index (Phi) is 6.23. The van der Waals surface area contributed by atoms with Crippen LogP contribution in [0.15, 0.2) is 0 Å². The van der Waals surface area contributed by atoms with Crippen molar-refractivity contribution in [2.45, 2.75) is 37.8 Å². The average molecular weight is 271 g/mol. The first kappa shape index (κ1) is 16.4. The molecule has 1 aliphatic heterocycles. The van der Waals surface area contributed by atoms with E-state index in [9.17, 15) is 4.79 Å². The van der Waals surface area contributed by atoms with E-state index in [4.69, 9.17) is 4.74 Å². The summed E-state index contributed by atoms with van der Waals surface area (Å²) in [5, 5.41) is 3.08. The molecule has 1 N–H and O–H groups in total. The van der Waals surface area contributed by atoms with Crippen LogP contribution in [0.25, 0.3) is 0 Å². The van der Waals surface area contributed by atoms with Gasteiger partial charge in [0.25, 0.3) is 0 Å². The maximum absolute atomic E-state index is 11.7. The second kappa shape index (κ2) is 7.22. The molecule has 0 aliphatic carbocycles. The average Bonchev–Trinajstić information content (AvgIpc) is 2.86. The van der Waals surface area contributed by atoms with E-state index in [1.807, 2.05) is 14.0 Å². The molecule has 0 aromatic heterocycles. The minimum Gasteiger partial charge on any atom is -0.468 e. The van der Waals surface area contributed by atoms with E-state index >= 15 is 0 Å². The summed E-state index contributed by atoms with van der Waals surface area (Å²) in [6.07, 6.45) is 3.05. The molecule has 0 bridgehead atoms. The van der Waals surface area contributed by atoms with Crippen molar-refractivity contribution in [3.05, 3.63) is 0 Å². The van der Waals surface area contributed by atoms with E-state index in [2.05, 4.69) is 29.2 Å². The molecule has 0 aromatic rings. The molecule has 2 unspecified atom stereocenters. The standard InChI is InChI=1S/C14H29N3O2/c1-14(15-2,13(18)19-5)8-6-9-17-10-7-12(11-17)16(3)4/h12,15H,6-11H2,1-5H3. The van der Waals surface area contributed by atoms with Gasteiger partial charge in [-0.05, 0) is 60.4 Å². The highest BCUT2D eigenvalue weighted by molar-refractivity contribution is 5.80. The molecule has 2 atom stereocenters. The molecular weight excluding hydrogens is 242 g/mol. The predicted octanol–water partition coefficient (Wildman–Crippen LogP) is 0.554. The van der Waals surface area contributed by atoms with Crippen molar-refractivity contribution in [2.75, 3.05) is 47.9 Å². The molecule has 0 spiro atoms. The van der Waals surface area contributed by atoms with Crippen LogP contribution in [0.1, 0.15) is 26.2 Å². The van der Waals surface area contributed by atoms with Gasteiger partial charge < -0.3 is 19.9 Å². The van der Waals surface area contributed by atoms with E-state index in [0.29, 0.717) is 6.04 Å². The van der Waals surface area contributed by atoms with Crippen LogP contribution in [0, 0.1) is 0 Å². The summed E-state index contributed by atoms with van der Waals surface area (Å²) in [6, 6.07) is 0.677. The lowest BCUT2D eigenvalue weighted by atomic mass is 9.96. The molecule has 1 aliphatic rings. The summed E-state index contributed by atoms with van der Waals surface area (Å²) >= 11 is 0. The summed E-state index contributed by atoms with van der Waals surface area (Å²) in [7, 11) is 7.54. The van der Waals surface area contributed by atoms with Gasteiger partial charge in [-0.15, -0.1) is 0 Å². The van der Waals surface area contributed by atoms with Gasteiger partial charge in [-0.1, -0.05) is 0 Å². The Hall–Kier alpha value is -0.650. The Morgan fingerprint density at radius 2 is 2.21 bits per heavy atom. The number of likely N-dealkylation sites (tertiary alicyclic amines) is 1. The number of likely N-dealkylation sites (N-methyl/N-ethyl adjacent to an activating group) is 2. The minimum absolute atomic E-state index is 0.178. The monoisotopic (exact) mass is 271 g/mol. The number of esters is 1. The van der Waals surface area contributed by atoms with Crippen LogP contribution in [-0.2, 0) is 9.53 Å². The van der Waals surface area contributed by atoms with Gasteiger partial charge in [-0.2, -0.15) is 0 Å². The number of carbonyl (C=O) groups is 1. The van der Waals surface area contributed by atoms with Crippen molar-refractivity contribution < 1.29 is 9.53 Å². The van der Waals surface area contributed by atoms with Gasteiger partial charge in [-0.25, -0.2) is 0 Å². The van der Waals surface area contributed by atoms with Crippen molar-refractivity contribution >= 4 is 5.97 Å². The lowest BCUT2D eigenvalue weighted by molar-refractivity contribution is -0.148. The summed E-state index contributed by atoms with van der Waals surface area (Å²) in [4.78, 5) is 16.5. The molecule has 0 aromatic carbocycles. The molecule has 5 nitrogen and oxygen atoms in total. The van der Waals surface area contributed by atoms with E-state index in [-0.39, 0.29) is 5.97 Å². The van der Waals surface area contributed by atoms with Crippen molar-refractivity contribution in [1.29, 1.82) is 0 Å². The number of nitrogens with one attached hydrogen (secondary N) is 1. The third-order valence-electron chi connectivity index (χ3n) is 4.32. The van der Waals surface area contributed by atoms with Crippen molar-refractivity contribution in [3.8, 4) is 0 Å². The quantitative estimate of drug-likeness (QED) is 0.685. The number of ether oxygens (including phenoxy) is 1. The minimum atomic E-state index is -0.560. The fourth-order valence-electron chi connectivity index (χ4n) is 2.65. The summed E-state index contributed by atoms with van der Waals surface area (Å²) in [5.41, 5.74) is -0.560. The smallest absolute Gasteiger partial charge is 0.325 e. The first-order valence-corrected chi connectivity index (χ1v) is 7.09. The Morgan fingerprint density at radius 3 is 2.68 bits per heavy atom. The Balaban J connectivity index is 2.32. The van der Waals surface area contributed by atoms with Crippen LogP contribution in [0.4, 0.5) is 0 Å². The molecule has 5 heteroatoms.